The first kappa shape index (κ1) is 18.8. The lowest BCUT2D eigenvalue weighted by Gasteiger charge is -2.33. The topological polar surface area (TPSA) is 67.9 Å². The number of benzene rings is 2. The lowest BCUT2D eigenvalue weighted by Crippen LogP contribution is -2.47. The molecule has 1 saturated heterocycles. The van der Waals surface area contributed by atoms with Crippen molar-refractivity contribution in [1.29, 1.82) is 0 Å². The zero-order valence-corrected chi connectivity index (χ0v) is 15.0. The van der Waals surface area contributed by atoms with Crippen molar-refractivity contribution in [3.63, 3.8) is 0 Å². The Labute approximate surface area is 156 Å². The van der Waals surface area contributed by atoms with Crippen LogP contribution >= 0.6 is 0 Å². The third-order valence-electron chi connectivity index (χ3n) is 4.24. The second kappa shape index (κ2) is 8.64. The highest BCUT2D eigenvalue weighted by Gasteiger charge is 2.24. The molecule has 2 aromatic carbocycles. The molecular weight excluding hydrogens is 351 g/mol. The molecule has 0 spiro atoms. The molecule has 6 nitrogen and oxygen atoms in total. The van der Waals surface area contributed by atoms with Crippen LogP contribution in [0.15, 0.2) is 48.5 Å². The summed E-state index contributed by atoms with van der Waals surface area (Å²) in [6.07, 6.45) is 0. The van der Waals surface area contributed by atoms with E-state index in [0.717, 1.165) is 0 Å². The number of carbonyl (C=O) groups is 2. The number of nitrogens with one attached hydrogen (secondary N) is 1. The van der Waals surface area contributed by atoms with Gasteiger partial charge in [0.15, 0.2) is 18.2 Å². The SMILES string of the molecule is CC1COCCN1C(=O)c1ccc(NC(=O)COc2ccccc2F)cc1. The van der Waals surface area contributed by atoms with Crippen molar-refractivity contribution in [2.24, 2.45) is 0 Å². The second-order valence-electron chi connectivity index (χ2n) is 6.27. The molecule has 0 saturated carbocycles. The van der Waals surface area contributed by atoms with Crippen LogP contribution in [0.1, 0.15) is 17.3 Å². The fourth-order valence-corrected chi connectivity index (χ4v) is 2.79. The minimum atomic E-state index is -0.523. The molecule has 27 heavy (non-hydrogen) atoms. The van der Waals surface area contributed by atoms with Crippen LogP contribution in [0.2, 0.25) is 0 Å². The van der Waals surface area contributed by atoms with Gasteiger partial charge in [0.1, 0.15) is 0 Å². The molecule has 1 atom stereocenters. The molecule has 0 radical (unpaired) electrons. The summed E-state index contributed by atoms with van der Waals surface area (Å²) in [6, 6.07) is 12.5. The van der Waals surface area contributed by atoms with Crippen LogP contribution in [0.4, 0.5) is 10.1 Å². The van der Waals surface area contributed by atoms with E-state index in [0.29, 0.717) is 31.0 Å². The maximum absolute atomic E-state index is 13.5. The molecular formula is C20H21FN2O4. The number of hydrogen-bond donors (Lipinski definition) is 1. The standard InChI is InChI=1S/C20H21FN2O4/c1-14-12-26-11-10-23(14)20(25)15-6-8-16(9-7-15)22-19(24)13-27-18-5-3-2-4-17(18)21/h2-9,14H,10-13H2,1H3,(H,22,24). The molecule has 2 amide bonds. The first-order valence-corrected chi connectivity index (χ1v) is 8.70. The lowest BCUT2D eigenvalue weighted by atomic mass is 10.1. The van der Waals surface area contributed by atoms with E-state index in [-0.39, 0.29) is 24.3 Å². The summed E-state index contributed by atoms with van der Waals surface area (Å²) in [5, 5.41) is 2.65. The molecule has 7 heteroatoms. The van der Waals surface area contributed by atoms with Gasteiger partial charge in [-0.15, -0.1) is 0 Å². The van der Waals surface area contributed by atoms with Gasteiger partial charge >= 0.3 is 0 Å². The molecule has 0 aliphatic carbocycles. The van der Waals surface area contributed by atoms with E-state index in [1.54, 1.807) is 41.3 Å². The Morgan fingerprint density at radius 3 is 2.67 bits per heavy atom. The van der Waals surface area contributed by atoms with Gasteiger partial charge in [-0.05, 0) is 43.3 Å². The number of hydrogen-bond acceptors (Lipinski definition) is 4. The van der Waals surface area contributed by atoms with Crippen LogP contribution in [0, 0.1) is 5.82 Å². The number of ether oxygens (including phenoxy) is 2. The van der Waals surface area contributed by atoms with Crippen LogP contribution in [0.3, 0.4) is 0 Å². The average molecular weight is 372 g/mol. The number of para-hydroxylation sites is 1. The summed E-state index contributed by atoms with van der Waals surface area (Å²) in [5.41, 5.74) is 1.08. The van der Waals surface area contributed by atoms with Gasteiger partial charge in [0.25, 0.3) is 11.8 Å². The molecule has 1 aliphatic heterocycles. The largest absolute Gasteiger partial charge is 0.481 e. The minimum Gasteiger partial charge on any atom is -0.481 e. The third kappa shape index (κ3) is 4.83. The minimum absolute atomic E-state index is 0.0215. The number of rotatable bonds is 5. The van der Waals surface area contributed by atoms with Crippen molar-refractivity contribution in [2.45, 2.75) is 13.0 Å². The van der Waals surface area contributed by atoms with Gasteiger partial charge in [-0.1, -0.05) is 12.1 Å². The molecule has 1 fully saturated rings. The molecule has 1 heterocycles. The van der Waals surface area contributed by atoms with E-state index < -0.39 is 11.7 Å². The molecule has 0 aromatic heterocycles. The number of amides is 2. The number of morpholine rings is 1. The summed E-state index contributed by atoms with van der Waals surface area (Å²) in [7, 11) is 0. The van der Waals surface area contributed by atoms with Crippen LogP contribution in [0.5, 0.6) is 5.75 Å². The Balaban J connectivity index is 1.55. The van der Waals surface area contributed by atoms with Gasteiger partial charge in [0.2, 0.25) is 0 Å². The summed E-state index contributed by atoms with van der Waals surface area (Å²) < 4.78 is 24.0. The van der Waals surface area contributed by atoms with Crippen LogP contribution < -0.4 is 10.1 Å². The highest BCUT2D eigenvalue weighted by molar-refractivity contribution is 5.96. The Bertz CT molecular complexity index is 810. The molecule has 2 aromatic rings. The first-order chi connectivity index (χ1) is 13.0. The predicted molar refractivity (Wildman–Crippen MR) is 98.3 cm³/mol. The predicted octanol–water partition coefficient (Wildman–Crippen LogP) is 2.70. The summed E-state index contributed by atoms with van der Waals surface area (Å²) in [6.45, 7) is 3.26. The maximum Gasteiger partial charge on any atom is 0.262 e. The zero-order chi connectivity index (χ0) is 19.2. The fraction of sp³-hybridized carbons (Fsp3) is 0.300. The van der Waals surface area contributed by atoms with Crippen molar-refractivity contribution in [1.82, 2.24) is 4.90 Å². The number of nitrogens with zero attached hydrogens (tertiary/aromatic N) is 1. The Kier molecular flexibility index (Phi) is 6.03. The summed E-state index contributed by atoms with van der Waals surface area (Å²) in [4.78, 5) is 26.3. The zero-order valence-electron chi connectivity index (χ0n) is 15.0. The number of anilines is 1. The Morgan fingerprint density at radius 2 is 1.96 bits per heavy atom. The summed E-state index contributed by atoms with van der Waals surface area (Å²) >= 11 is 0. The third-order valence-corrected chi connectivity index (χ3v) is 4.24. The quantitative estimate of drug-likeness (QED) is 0.876. The fourth-order valence-electron chi connectivity index (χ4n) is 2.79. The molecule has 0 bridgehead atoms. The van der Waals surface area contributed by atoms with E-state index in [2.05, 4.69) is 5.32 Å². The van der Waals surface area contributed by atoms with Gasteiger partial charge in [0.05, 0.1) is 19.3 Å². The van der Waals surface area contributed by atoms with Crippen LogP contribution in [-0.4, -0.2) is 49.1 Å². The number of carbonyl (C=O) groups excluding carboxylic acids is 2. The first-order valence-electron chi connectivity index (χ1n) is 8.70. The monoisotopic (exact) mass is 372 g/mol. The average Bonchev–Trinajstić information content (AvgIpc) is 2.68. The van der Waals surface area contributed by atoms with Gasteiger partial charge in [-0.2, -0.15) is 0 Å². The second-order valence-corrected chi connectivity index (χ2v) is 6.27. The molecule has 1 aliphatic rings. The smallest absolute Gasteiger partial charge is 0.262 e. The molecule has 1 N–H and O–H groups in total. The van der Waals surface area contributed by atoms with E-state index in [1.165, 1.54) is 12.1 Å². The van der Waals surface area contributed by atoms with Gasteiger partial charge in [-0.3, -0.25) is 9.59 Å². The van der Waals surface area contributed by atoms with E-state index >= 15 is 0 Å². The van der Waals surface area contributed by atoms with Crippen molar-refractivity contribution >= 4 is 17.5 Å². The highest BCUT2D eigenvalue weighted by atomic mass is 19.1. The lowest BCUT2D eigenvalue weighted by molar-refractivity contribution is -0.118. The summed E-state index contributed by atoms with van der Waals surface area (Å²) in [5.74, 6) is -0.982. The van der Waals surface area contributed by atoms with E-state index in [9.17, 15) is 14.0 Å². The van der Waals surface area contributed by atoms with Gasteiger partial charge in [-0.25, -0.2) is 4.39 Å². The molecule has 142 valence electrons. The van der Waals surface area contributed by atoms with Crippen molar-refractivity contribution in [2.75, 3.05) is 31.7 Å². The normalized spacial score (nSPS) is 16.7. The van der Waals surface area contributed by atoms with E-state index in [4.69, 9.17) is 9.47 Å². The van der Waals surface area contributed by atoms with Crippen molar-refractivity contribution < 1.29 is 23.5 Å². The van der Waals surface area contributed by atoms with Crippen LogP contribution in [0.25, 0.3) is 0 Å². The molecule has 3 rings (SSSR count). The molecule has 1 unspecified atom stereocenters. The van der Waals surface area contributed by atoms with Crippen LogP contribution in [-0.2, 0) is 9.53 Å². The Morgan fingerprint density at radius 1 is 1.22 bits per heavy atom. The highest BCUT2D eigenvalue weighted by Crippen LogP contribution is 2.17. The van der Waals surface area contributed by atoms with Crippen molar-refractivity contribution in [3.05, 3.63) is 59.9 Å². The Hall–Kier alpha value is -2.93. The van der Waals surface area contributed by atoms with Crippen molar-refractivity contribution in [3.8, 4) is 5.75 Å². The number of halogens is 1. The maximum atomic E-state index is 13.5. The van der Waals surface area contributed by atoms with Gasteiger partial charge in [0, 0.05) is 17.8 Å². The van der Waals surface area contributed by atoms with Gasteiger partial charge < -0.3 is 19.7 Å². The van der Waals surface area contributed by atoms with E-state index in [1.807, 2.05) is 6.92 Å².